The molecule has 0 amide bonds. The average Bonchev–Trinajstić information content (AvgIpc) is 2.08. The Morgan fingerprint density at radius 1 is 1.42 bits per heavy atom. The van der Waals surface area contributed by atoms with Crippen LogP contribution in [0.1, 0.15) is 20.3 Å². The summed E-state index contributed by atoms with van der Waals surface area (Å²) in [5, 5.41) is 7.32. The van der Waals surface area contributed by atoms with E-state index in [-0.39, 0.29) is 0 Å². The van der Waals surface area contributed by atoms with Crippen molar-refractivity contribution in [1.29, 1.82) is 5.26 Å². The smallest absolute Gasteiger partial charge is 0.303 e. The summed E-state index contributed by atoms with van der Waals surface area (Å²) in [5.74, 6) is 0. The molecule has 0 aromatic heterocycles. The SMILES string of the molecule is CC#N.CCC[SiH]1O[SiH2]O[SiH2]O1. The van der Waals surface area contributed by atoms with E-state index in [1.165, 1.54) is 19.4 Å². The van der Waals surface area contributed by atoms with Crippen LogP contribution in [0.5, 0.6) is 0 Å². The molecular weight excluding hydrogens is 206 g/mol. The Morgan fingerprint density at radius 3 is 2.33 bits per heavy atom. The van der Waals surface area contributed by atoms with Gasteiger partial charge in [0.05, 0.1) is 6.07 Å². The topological polar surface area (TPSA) is 51.5 Å². The van der Waals surface area contributed by atoms with Crippen LogP contribution in [0, 0.1) is 11.3 Å². The molecule has 0 spiro atoms. The van der Waals surface area contributed by atoms with Crippen LogP contribution < -0.4 is 0 Å². The zero-order chi connectivity index (χ0) is 9.23. The summed E-state index contributed by atoms with van der Waals surface area (Å²) in [7, 11) is -2.25. The molecule has 12 heavy (non-hydrogen) atoms. The highest BCUT2D eigenvalue weighted by atomic mass is 28.4. The molecule has 1 fully saturated rings. The Kier molecular flexibility index (Phi) is 9.13. The predicted octanol–water partition coefficient (Wildman–Crippen LogP) is -0.792. The van der Waals surface area contributed by atoms with Crippen molar-refractivity contribution >= 4 is 29.3 Å². The maximum atomic E-state index is 7.32. The lowest BCUT2D eigenvalue weighted by molar-refractivity contribution is 0.322. The van der Waals surface area contributed by atoms with Crippen molar-refractivity contribution in [1.82, 2.24) is 0 Å². The summed E-state index contributed by atoms with van der Waals surface area (Å²) in [6, 6.07) is 2.92. The van der Waals surface area contributed by atoms with E-state index in [1.807, 2.05) is 0 Å². The largest absolute Gasteiger partial charge is 0.425 e. The second-order valence-corrected chi connectivity index (χ2v) is 8.42. The molecule has 0 unspecified atom stereocenters. The van der Waals surface area contributed by atoms with Crippen LogP contribution in [0.25, 0.3) is 0 Å². The highest BCUT2D eigenvalue weighted by molar-refractivity contribution is 6.61. The molecule has 1 aliphatic heterocycles. The van der Waals surface area contributed by atoms with Crippen LogP contribution in [0.2, 0.25) is 6.04 Å². The van der Waals surface area contributed by atoms with Crippen LogP contribution in [0.4, 0.5) is 0 Å². The molecule has 1 saturated heterocycles. The summed E-state index contributed by atoms with van der Waals surface area (Å²) in [4.78, 5) is 0. The maximum Gasteiger partial charge on any atom is 0.303 e. The van der Waals surface area contributed by atoms with Gasteiger partial charge in [0.25, 0.3) is 20.0 Å². The molecule has 1 aliphatic rings. The Hall–Kier alpha value is 0.0206. The monoisotopic (exact) mass is 221 g/mol. The number of hydrogen-bond acceptors (Lipinski definition) is 4. The minimum Gasteiger partial charge on any atom is -0.425 e. The number of rotatable bonds is 2. The van der Waals surface area contributed by atoms with Gasteiger partial charge in [0.15, 0.2) is 0 Å². The third kappa shape index (κ3) is 6.71. The fourth-order valence-corrected chi connectivity index (χ4v) is 7.78. The predicted molar refractivity (Wildman–Crippen MR) is 53.9 cm³/mol. The molecule has 70 valence electrons. The average molecular weight is 221 g/mol. The van der Waals surface area contributed by atoms with Gasteiger partial charge >= 0.3 is 9.28 Å². The summed E-state index contributed by atoms with van der Waals surface area (Å²) < 4.78 is 15.9. The normalized spacial score (nSPS) is 25.9. The van der Waals surface area contributed by atoms with E-state index in [9.17, 15) is 0 Å². The van der Waals surface area contributed by atoms with Crippen LogP contribution in [-0.2, 0) is 12.3 Å². The minimum atomic E-state index is -1.13. The van der Waals surface area contributed by atoms with Gasteiger partial charge in [0.2, 0.25) is 0 Å². The van der Waals surface area contributed by atoms with Gasteiger partial charge in [-0.25, -0.2) is 0 Å². The molecule has 1 heterocycles. The van der Waals surface area contributed by atoms with Crippen molar-refractivity contribution in [3.8, 4) is 6.07 Å². The third-order valence-electron chi connectivity index (χ3n) is 1.20. The van der Waals surface area contributed by atoms with Gasteiger partial charge in [-0.2, -0.15) is 5.26 Å². The first-order valence-electron chi connectivity index (χ1n) is 3.97. The Bertz CT molecular complexity index is 132. The van der Waals surface area contributed by atoms with Crippen LogP contribution in [-0.4, -0.2) is 29.3 Å². The van der Waals surface area contributed by atoms with Crippen molar-refractivity contribution in [2.45, 2.75) is 26.3 Å². The van der Waals surface area contributed by atoms with Crippen molar-refractivity contribution in [3.05, 3.63) is 0 Å². The molecule has 0 aromatic carbocycles. The molecule has 4 nitrogen and oxygen atoms in total. The quantitative estimate of drug-likeness (QED) is 0.573. The zero-order valence-electron chi connectivity index (χ0n) is 7.58. The third-order valence-corrected chi connectivity index (χ3v) is 7.64. The van der Waals surface area contributed by atoms with E-state index in [2.05, 4.69) is 6.92 Å². The number of nitrogens with zero attached hydrogens (tertiary/aromatic N) is 1. The van der Waals surface area contributed by atoms with E-state index < -0.39 is 29.3 Å². The second kappa shape index (κ2) is 9.11. The first kappa shape index (κ1) is 12.0. The molecule has 0 saturated carbocycles. The van der Waals surface area contributed by atoms with Gasteiger partial charge < -0.3 is 12.3 Å². The fraction of sp³-hybridized carbons (Fsp3) is 0.800. The first-order valence-corrected chi connectivity index (χ1v) is 8.03. The van der Waals surface area contributed by atoms with Crippen LogP contribution >= 0.6 is 0 Å². The summed E-state index contributed by atoms with van der Waals surface area (Å²) >= 11 is 0. The van der Waals surface area contributed by atoms with E-state index in [0.717, 1.165) is 0 Å². The van der Waals surface area contributed by atoms with Gasteiger partial charge in [-0.1, -0.05) is 13.3 Å². The van der Waals surface area contributed by atoms with Gasteiger partial charge in [-0.15, -0.1) is 0 Å². The second-order valence-electron chi connectivity index (χ2n) is 2.22. The Balaban J connectivity index is 0.000000354. The summed E-state index contributed by atoms with van der Waals surface area (Å²) in [6.45, 7) is 3.60. The number of nitriles is 1. The molecule has 0 atom stereocenters. The molecule has 7 heteroatoms. The van der Waals surface area contributed by atoms with Gasteiger partial charge in [-0.3, -0.25) is 0 Å². The Labute approximate surface area is 79.8 Å². The summed E-state index contributed by atoms with van der Waals surface area (Å²) in [5.41, 5.74) is 0. The van der Waals surface area contributed by atoms with E-state index in [1.54, 1.807) is 6.07 Å². The lowest BCUT2D eigenvalue weighted by Crippen LogP contribution is -2.34. The number of hydrogen-bond donors (Lipinski definition) is 0. The molecule has 0 radical (unpaired) electrons. The van der Waals surface area contributed by atoms with Crippen molar-refractivity contribution < 1.29 is 12.3 Å². The van der Waals surface area contributed by atoms with Gasteiger partial charge in [0, 0.05) is 6.92 Å². The minimum absolute atomic E-state index is 0.561. The van der Waals surface area contributed by atoms with E-state index >= 15 is 0 Å². The molecule has 0 N–H and O–H groups in total. The highest BCUT2D eigenvalue weighted by Crippen LogP contribution is 2.02. The summed E-state index contributed by atoms with van der Waals surface area (Å²) in [6.07, 6.45) is 1.19. The fourth-order valence-electron chi connectivity index (χ4n) is 0.733. The Morgan fingerprint density at radius 2 is 1.92 bits per heavy atom. The highest BCUT2D eigenvalue weighted by Gasteiger charge is 2.15. The van der Waals surface area contributed by atoms with E-state index in [4.69, 9.17) is 17.6 Å². The van der Waals surface area contributed by atoms with Crippen molar-refractivity contribution in [2.24, 2.45) is 0 Å². The molecule has 0 aromatic rings. The van der Waals surface area contributed by atoms with Gasteiger partial charge in [0.1, 0.15) is 0 Å². The van der Waals surface area contributed by atoms with Gasteiger partial charge in [-0.05, 0) is 6.04 Å². The standard InChI is InChI=1S/C3H12O3Si3.C2H3N/c1-2-3-9-5-7-4-8-6-9;1-2-3/h9H,2-3,7-8H2,1H3;1H3. The van der Waals surface area contributed by atoms with Crippen molar-refractivity contribution in [2.75, 3.05) is 0 Å². The molecule has 0 bridgehead atoms. The van der Waals surface area contributed by atoms with Crippen molar-refractivity contribution in [3.63, 3.8) is 0 Å². The maximum absolute atomic E-state index is 7.32. The van der Waals surface area contributed by atoms with Crippen LogP contribution in [0.15, 0.2) is 0 Å². The molecule has 1 rings (SSSR count). The zero-order valence-corrected chi connectivity index (χ0v) is 11.6. The first-order chi connectivity index (χ1) is 5.85. The molecular formula is C5H15NO3Si3. The lowest BCUT2D eigenvalue weighted by Gasteiger charge is -2.21. The van der Waals surface area contributed by atoms with Crippen LogP contribution in [0.3, 0.4) is 0 Å². The molecule has 0 aliphatic carbocycles. The lowest BCUT2D eigenvalue weighted by atomic mass is 10.6. The van der Waals surface area contributed by atoms with E-state index in [0.29, 0.717) is 0 Å².